The minimum atomic E-state index is -0.194. The summed E-state index contributed by atoms with van der Waals surface area (Å²) in [4.78, 5) is 0. The highest BCUT2D eigenvalue weighted by Gasteiger charge is 2.22. The molecule has 1 heterocycles. The molecule has 0 aromatic heterocycles. The predicted octanol–water partition coefficient (Wildman–Crippen LogP) is 1.75. The Balaban J connectivity index is 2.39. The molecule has 0 bridgehead atoms. The number of rotatable bonds is 1. The van der Waals surface area contributed by atoms with Gasteiger partial charge in [0.15, 0.2) is 0 Å². The van der Waals surface area contributed by atoms with E-state index in [9.17, 15) is 4.39 Å². The molecule has 0 saturated carbocycles. The van der Waals surface area contributed by atoms with Crippen molar-refractivity contribution < 1.29 is 4.39 Å². The molecule has 3 N–H and O–H groups in total. The number of halogens is 1. The Morgan fingerprint density at radius 1 is 1.54 bits per heavy atom. The monoisotopic (exact) mass is 180 g/mol. The minimum absolute atomic E-state index is 0.194. The Bertz CT molecular complexity index is 332. The van der Waals surface area contributed by atoms with Gasteiger partial charge in [-0.15, -0.1) is 0 Å². The molecule has 3 heteroatoms. The minimum Gasteiger partial charge on any atom is -0.398 e. The first-order chi connectivity index (χ1) is 6.18. The molecule has 1 fully saturated rings. The Morgan fingerprint density at radius 2 is 2.23 bits per heavy atom. The summed E-state index contributed by atoms with van der Waals surface area (Å²) in [7, 11) is 0. The zero-order chi connectivity index (χ0) is 9.42. The van der Waals surface area contributed by atoms with Crippen LogP contribution in [0.25, 0.3) is 0 Å². The summed E-state index contributed by atoms with van der Waals surface area (Å²) in [5, 5.41) is 3.17. The highest BCUT2D eigenvalue weighted by atomic mass is 19.1. The number of aryl methyl sites for hydroxylation is 1. The third-order valence-electron chi connectivity index (χ3n) is 2.58. The Kier molecular flexibility index (Phi) is 1.96. The zero-order valence-corrected chi connectivity index (χ0v) is 7.60. The number of hydrogen-bond acceptors (Lipinski definition) is 2. The molecule has 0 radical (unpaired) electrons. The summed E-state index contributed by atoms with van der Waals surface area (Å²) in [5.74, 6) is -0.194. The molecule has 70 valence electrons. The molecule has 2 nitrogen and oxygen atoms in total. The fraction of sp³-hybridized carbons (Fsp3) is 0.400. The first-order valence-corrected chi connectivity index (χ1v) is 4.47. The molecular formula is C10H13FN2. The van der Waals surface area contributed by atoms with Crippen LogP contribution in [0.15, 0.2) is 12.1 Å². The Morgan fingerprint density at radius 3 is 2.77 bits per heavy atom. The van der Waals surface area contributed by atoms with Gasteiger partial charge in [-0.2, -0.15) is 0 Å². The van der Waals surface area contributed by atoms with Gasteiger partial charge in [0.05, 0.1) is 0 Å². The van der Waals surface area contributed by atoms with E-state index in [0.29, 0.717) is 5.69 Å². The summed E-state index contributed by atoms with van der Waals surface area (Å²) in [5.41, 5.74) is 7.81. The average molecular weight is 180 g/mol. The van der Waals surface area contributed by atoms with E-state index >= 15 is 0 Å². The zero-order valence-electron chi connectivity index (χ0n) is 7.60. The molecule has 0 amide bonds. The lowest BCUT2D eigenvalue weighted by Gasteiger charge is -2.28. The van der Waals surface area contributed by atoms with Crippen molar-refractivity contribution in [3.63, 3.8) is 0 Å². The van der Waals surface area contributed by atoms with Gasteiger partial charge in [-0.25, -0.2) is 4.39 Å². The normalized spacial score (nSPS) is 21.2. The molecule has 1 atom stereocenters. The maximum atomic E-state index is 13.4. The fourth-order valence-electron chi connectivity index (χ4n) is 1.54. The number of nitrogens with two attached hydrogens (primary N) is 1. The van der Waals surface area contributed by atoms with E-state index in [4.69, 9.17) is 5.73 Å². The van der Waals surface area contributed by atoms with Gasteiger partial charge in [-0.05, 0) is 37.6 Å². The van der Waals surface area contributed by atoms with Crippen molar-refractivity contribution in [1.82, 2.24) is 5.32 Å². The van der Waals surface area contributed by atoms with Crippen molar-refractivity contribution >= 4 is 5.69 Å². The standard InChI is InChI=1S/C10H13FN2/c1-6-4-7(10-2-3-13-10)8(11)5-9(6)12/h4-5,10,13H,2-3,12H2,1H3/t10-/m1/s1. The lowest BCUT2D eigenvalue weighted by Crippen LogP contribution is -2.35. The molecule has 13 heavy (non-hydrogen) atoms. The van der Waals surface area contributed by atoms with Gasteiger partial charge in [0.1, 0.15) is 5.82 Å². The number of anilines is 1. The van der Waals surface area contributed by atoms with E-state index in [1.54, 1.807) is 0 Å². The molecule has 1 aliphatic rings. The van der Waals surface area contributed by atoms with Crippen molar-refractivity contribution in [2.75, 3.05) is 12.3 Å². The second kappa shape index (κ2) is 3.00. The number of nitrogen functional groups attached to an aromatic ring is 1. The summed E-state index contributed by atoms with van der Waals surface area (Å²) in [6, 6.07) is 3.44. The molecule has 1 aromatic carbocycles. The van der Waals surface area contributed by atoms with Gasteiger partial charge >= 0.3 is 0 Å². The van der Waals surface area contributed by atoms with Gasteiger partial charge < -0.3 is 11.1 Å². The van der Waals surface area contributed by atoms with Crippen LogP contribution in [0, 0.1) is 12.7 Å². The summed E-state index contributed by atoms with van der Waals surface area (Å²) >= 11 is 0. The van der Waals surface area contributed by atoms with Crippen LogP contribution in [0.4, 0.5) is 10.1 Å². The van der Waals surface area contributed by atoms with Crippen LogP contribution in [-0.2, 0) is 0 Å². The second-order valence-corrected chi connectivity index (χ2v) is 3.53. The van der Waals surface area contributed by atoms with Gasteiger partial charge in [0.2, 0.25) is 0 Å². The molecule has 0 unspecified atom stereocenters. The molecule has 0 aliphatic carbocycles. The first-order valence-electron chi connectivity index (χ1n) is 4.47. The van der Waals surface area contributed by atoms with Crippen molar-refractivity contribution in [3.8, 4) is 0 Å². The quantitative estimate of drug-likeness (QED) is 0.646. The van der Waals surface area contributed by atoms with Crippen molar-refractivity contribution in [2.24, 2.45) is 0 Å². The van der Waals surface area contributed by atoms with Gasteiger partial charge in [-0.3, -0.25) is 0 Å². The second-order valence-electron chi connectivity index (χ2n) is 3.53. The molecule has 0 spiro atoms. The van der Waals surface area contributed by atoms with E-state index < -0.39 is 0 Å². The third-order valence-corrected chi connectivity index (χ3v) is 2.58. The van der Waals surface area contributed by atoms with Crippen LogP contribution in [0.2, 0.25) is 0 Å². The maximum absolute atomic E-state index is 13.4. The van der Waals surface area contributed by atoms with E-state index in [1.165, 1.54) is 6.07 Å². The van der Waals surface area contributed by atoms with Gasteiger partial charge in [0.25, 0.3) is 0 Å². The number of hydrogen-bond donors (Lipinski definition) is 2. The summed E-state index contributed by atoms with van der Waals surface area (Å²) in [6.07, 6.45) is 1.01. The topological polar surface area (TPSA) is 38.0 Å². The molecule has 1 aromatic rings. The summed E-state index contributed by atoms with van der Waals surface area (Å²) < 4.78 is 13.4. The summed E-state index contributed by atoms with van der Waals surface area (Å²) in [6.45, 7) is 2.88. The van der Waals surface area contributed by atoms with Crippen molar-refractivity contribution in [2.45, 2.75) is 19.4 Å². The molecule has 1 saturated heterocycles. The SMILES string of the molecule is Cc1cc([C@H]2CCN2)c(F)cc1N. The van der Waals surface area contributed by atoms with Crippen LogP contribution in [0.5, 0.6) is 0 Å². The largest absolute Gasteiger partial charge is 0.398 e. The van der Waals surface area contributed by atoms with E-state index in [1.807, 2.05) is 13.0 Å². The molecular weight excluding hydrogens is 167 g/mol. The highest BCUT2D eigenvalue weighted by molar-refractivity contribution is 5.49. The number of benzene rings is 1. The smallest absolute Gasteiger partial charge is 0.130 e. The highest BCUT2D eigenvalue weighted by Crippen LogP contribution is 2.28. The van der Waals surface area contributed by atoms with Crippen LogP contribution in [-0.4, -0.2) is 6.54 Å². The molecule has 1 aliphatic heterocycles. The fourth-order valence-corrected chi connectivity index (χ4v) is 1.54. The average Bonchev–Trinajstić information content (AvgIpc) is 1.96. The maximum Gasteiger partial charge on any atom is 0.130 e. The van der Waals surface area contributed by atoms with Gasteiger partial charge in [-0.1, -0.05) is 0 Å². The Hall–Kier alpha value is -1.09. The lowest BCUT2D eigenvalue weighted by atomic mass is 9.95. The van der Waals surface area contributed by atoms with E-state index in [2.05, 4.69) is 5.32 Å². The van der Waals surface area contributed by atoms with Crippen molar-refractivity contribution in [1.29, 1.82) is 0 Å². The van der Waals surface area contributed by atoms with E-state index in [0.717, 1.165) is 24.1 Å². The third kappa shape index (κ3) is 1.40. The number of nitrogens with one attached hydrogen (secondary N) is 1. The van der Waals surface area contributed by atoms with Crippen molar-refractivity contribution in [3.05, 3.63) is 29.1 Å². The molecule has 2 rings (SSSR count). The predicted molar refractivity (Wildman–Crippen MR) is 50.9 cm³/mol. The van der Waals surface area contributed by atoms with Crippen LogP contribution in [0.1, 0.15) is 23.6 Å². The van der Waals surface area contributed by atoms with Crippen LogP contribution < -0.4 is 11.1 Å². The van der Waals surface area contributed by atoms with Crippen LogP contribution >= 0.6 is 0 Å². The Labute approximate surface area is 76.9 Å². The van der Waals surface area contributed by atoms with E-state index in [-0.39, 0.29) is 11.9 Å². The first kappa shape index (κ1) is 8.51. The van der Waals surface area contributed by atoms with Gasteiger partial charge in [0, 0.05) is 17.3 Å². The van der Waals surface area contributed by atoms with Crippen LogP contribution in [0.3, 0.4) is 0 Å². The lowest BCUT2D eigenvalue weighted by molar-refractivity contribution is 0.370.